The van der Waals surface area contributed by atoms with Crippen LogP contribution in [0.3, 0.4) is 0 Å². The molecule has 0 spiro atoms. The maximum atomic E-state index is 5.60. The second-order valence-corrected chi connectivity index (χ2v) is 2.49. The Morgan fingerprint density at radius 1 is 1.45 bits per heavy atom. The van der Waals surface area contributed by atoms with Gasteiger partial charge in [-0.2, -0.15) is 5.10 Å². The third-order valence-corrected chi connectivity index (χ3v) is 1.71. The molecule has 0 fully saturated rings. The Morgan fingerprint density at radius 3 is 3.00 bits per heavy atom. The minimum absolute atomic E-state index is 0.527. The van der Waals surface area contributed by atoms with Crippen LogP contribution < -0.4 is 5.73 Å². The summed E-state index contributed by atoms with van der Waals surface area (Å²) in [6, 6.07) is 0. The lowest BCUT2D eigenvalue weighted by atomic mass is 10.2. The summed E-state index contributed by atoms with van der Waals surface area (Å²) in [6.07, 6.45) is 3.42. The van der Waals surface area contributed by atoms with E-state index in [-0.39, 0.29) is 0 Å². The van der Waals surface area contributed by atoms with E-state index in [9.17, 15) is 0 Å². The Balaban J connectivity index is 2.96. The van der Waals surface area contributed by atoms with Gasteiger partial charge < -0.3 is 5.73 Å². The van der Waals surface area contributed by atoms with Crippen molar-refractivity contribution < 1.29 is 0 Å². The number of rotatable bonds is 0. The zero-order valence-electron chi connectivity index (χ0n) is 6.13. The average molecular weight is 148 g/mol. The number of H-pyrrole nitrogens is 1. The van der Waals surface area contributed by atoms with Gasteiger partial charge in [-0.3, -0.25) is 5.10 Å². The largest absolute Gasteiger partial charge is 0.383 e. The number of nitrogens with one attached hydrogen (secondary N) is 1. The van der Waals surface area contributed by atoms with Gasteiger partial charge in [-0.05, 0) is 12.5 Å². The SMILES string of the molecule is Cc1cnc(N)c2cn[nH]c12. The first kappa shape index (κ1) is 6.15. The van der Waals surface area contributed by atoms with Crippen LogP contribution in [0.15, 0.2) is 12.4 Å². The smallest absolute Gasteiger partial charge is 0.134 e. The highest BCUT2D eigenvalue weighted by Crippen LogP contribution is 2.18. The lowest BCUT2D eigenvalue weighted by Gasteiger charge is -1.95. The fraction of sp³-hybridized carbons (Fsp3) is 0.143. The van der Waals surface area contributed by atoms with E-state index in [1.54, 1.807) is 12.4 Å². The molecule has 0 aromatic carbocycles. The number of pyridine rings is 1. The molecular weight excluding hydrogens is 140 g/mol. The molecule has 11 heavy (non-hydrogen) atoms. The molecular formula is C7H8N4. The van der Waals surface area contributed by atoms with Crippen LogP contribution in [0.25, 0.3) is 10.9 Å². The number of hydrogen-bond donors (Lipinski definition) is 2. The van der Waals surface area contributed by atoms with Crippen molar-refractivity contribution in [3.63, 3.8) is 0 Å². The summed E-state index contributed by atoms with van der Waals surface area (Å²) in [7, 11) is 0. The zero-order valence-corrected chi connectivity index (χ0v) is 6.13. The second kappa shape index (κ2) is 1.95. The van der Waals surface area contributed by atoms with Crippen molar-refractivity contribution in [2.45, 2.75) is 6.92 Å². The molecule has 0 unspecified atom stereocenters. The summed E-state index contributed by atoms with van der Waals surface area (Å²) in [6.45, 7) is 1.97. The van der Waals surface area contributed by atoms with Crippen LogP contribution in [0.4, 0.5) is 5.82 Å². The number of anilines is 1. The first-order valence-corrected chi connectivity index (χ1v) is 3.33. The van der Waals surface area contributed by atoms with Gasteiger partial charge in [-0.25, -0.2) is 4.98 Å². The second-order valence-electron chi connectivity index (χ2n) is 2.49. The quantitative estimate of drug-likeness (QED) is 0.582. The lowest BCUT2D eigenvalue weighted by Crippen LogP contribution is -1.90. The van der Waals surface area contributed by atoms with Crippen LogP contribution in [0.1, 0.15) is 5.56 Å². The molecule has 4 heteroatoms. The summed E-state index contributed by atoms with van der Waals surface area (Å²) in [4.78, 5) is 4.00. The Morgan fingerprint density at radius 2 is 2.27 bits per heavy atom. The minimum atomic E-state index is 0.527. The number of aryl methyl sites for hydroxylation is 1. The van der Waals surface area contributed by atoms with Crippen LogP contribution in [0.5, 0.6) is 0 Å². The predicted octanol–water partition coefficient (Wildman–Crippen LogP) is 0.849. The van der Waals surface area contributed by atoms with Crippen molar-refractivity contribution >= 4 is 16.7 Å². The summed E-state index contributed by atoms with van der Waals surface area (Å²) in [5.41, 5.74) is 7.63. The Bertz CT molecular complexity index is 354. The highest BCUT2D eigenvalue weighted by Gasteiger charge is 2.02. The fourth-order valence-electron chi connectivity index (χ4n) is 1.08. The molecule has 0 aliphatic rings. The molecule has 0 bridgehead atoms. The average Bonchev–Trinajstić information content (AvgIpc) is 2.45. The lowest BCUT2D eigenvalue weighted by molar-refractivity contribution is 1.11. The van der Waals surface area contributed by atoms with Gasteiger partial charge in [-0.15, -0.1) is 0 Å². The van der Waals surface area contributed by atoms with E-state index in [1.165, 1.54) is 0 Å². The van der Waals surface area contributed by atoms with E-state index >= 15 is 0 Å². The van der Waals surface area contributed by atoms with Gasteiger partial charge in [0.2, 0.25) is 0 Å². The van der Waals surface area contributed by atoms with Crippen molar-refractivity contribution in [2.75, 3.05) is 5.73 Å². The monoisotopic (exact) mass is 148 g/mol. The van der Waals surface area contributed by atoms with E-state index in [0.29, 0.717) is 5.82 Å². The van der Waals surface area contributed by atoms with Crippen molar-refractivity contribution in [2.24, 2.45) is 0 Å². The van der Waals surface area contributed by atoms with Crippen LogP contribution in [-0.2, 0) is 0 Å². The molecule has 0 saturated carbocycles. The maximum Gasteiger partial charge on any atom is 0.134 e. The van der Waals surface area contributed by atoms with Gasteiger partial charge in [0.1, 0.15) is 5.82 Å². The first-order chi connectivity index (χ1) is 5.29. The topological polar surface area (TPSA) is 67.6 Å². The number of nitrogens with two attached hydrogens (primary N) is 1. The van der Waals surface area contributed by atoms with E-state index in [2.05, 4.69) is 15.2 Å². The number of aromatic nitrogens is 3. The molecule has 3 N–H and O–H groups in total. The van der Waals surface area contributed by atoms with Crippen LogP contribution in [0, 0.1) is 6.92 Å². The summed E-state index contributed by atoms with van der Waals surface area (Å²) in [5, 5.41) is 7.63. The molecule has 0 atom stereocenters. The first-order valence-electron chi connectivity index (χ1n) is 3.33. The van der Waals surface area contributed by atoms with Gasteiger partial charge in [0.15, 0.2) is 0 Å². The molecule has 4 nitrogen and oxygen atoms in total. The molecule has 0 saturated heterocycles. The van der Waals surface area contributed by atoms with Gasteiger partial charge >= 0.3 is 0 Å². The number of aromatic amines is 1. The van der Waals surface area contributed by atoms with Crippen molar-refractivity contribution in [1.29, 1.82) is 0 Å². The van der Waals surface area contributed by atoms with Crippen molar-refractivity contribution in [3.05, 3.63) is 18.0 Å². The number of hydrogen-bond acceptors (Lipinski definition) is 3. The Labute approximate surface area is 63.4 Å². The minimum Gasteiger partial charge on any atom is -0.383 e. The molecule has 0 radical (unpaired) electrons. The van der Waals surface area contributed by atoms with Gasteiger partial charge in [-0.1, -0.05) is 0 Å². The molecule has 2 aromatic heterocycles. The molecule has 2 rings (SSSR count). The highest BCUT2D eigenvalue weighted by atomic mass is 15.1. The molecule has 2 heterocycles. The predicted molar refractivity (Wildman–Crippen MR) is 43.0 cm³/mol. The highest BCUT2D eigenvalue weighted by molar-refractivity contribution is 5.89. The molecule has 0 amide bonds. The third kappa shape index (κ3) is 0.756. The van der Waals surface area contributed by atoms with Crippen LogP contribution in [0.2, 0.25) is 0 Å². The Hall–Kier alpha value is -1.58. The van der Waals surface area contributed by atoms with Gasteiger partial charge in [0.05, 0.1) is 17.1 Å². The van der Waals surface area contributed by atoms with Crippen LogP contribution in [-0.4, -0.2) is 15.2 Å². The molecule has 2 aromatic rings. The molecule has 56 valence electrons. The molecule has 0 aliphatic heterocycles. The summed E-state index contributed by atoms with van der Waals surface area (Å²) < 4.78 is 0. The molecule has 0 aliphatic carbocycles. The van der Waals surface area contributed by atoms with Gasteiger partial charge in [0.25, 0.3) is 0 Å². The van der Waals surface area contributed by atoms with E-state index in [1.807, 2.05) is 6.92 Å². The third-order valence-electron chi connectivity index (χ3n) is 1.71. The van der Waals surface area contributed by atoms with E-state index in [4.69, 9.17) is 5.73 Å². The normalized spacial score (nSPS) is 10.6. The Kier molecular flexibility index (Phi) is 1.09. The van der Waals surface area contributed by atoms with E-state index < -0.39 is 0 Å². The van der Waals surface area contributed by atoms with Crippen molar-refractivity contribution in [1.82, 2.24) is 15.2 Å². The standard InChI is InChI=1S/C7H8N4/c1-4-2-9-7(8)5-3-10-11-6(4)5/h2-3H,1H3,(H2,8,9)(H,10,11). The fourth-order valence-corrected chi connectivity index (χ4v) is 1.08. The number of nitrogen functional groups attached to an aromatic ring is 1. The van der Waals surface area contributed by atoms with Crippen molar-refractivity contribution in [3.8, 4) is 0 Å². The van der Waals surface area contributed by atoms with E-state index in [0.717, 1.165) is 16.5 Å². The van der Waals surface area contributed by atoms with Crippen LogP contribution >= 0.6 is 0 Å². The zero-order chi connectivity index (χ0) is 7.84. The number of nitrogens with zero attached hydrogens (tertiary/aromatic N) is 2. The summed E-state index contributed by atoms with van der Waals surface area (Å²) >= 11 is 0. The van der Waals surface area contributed by atoms with Gasteiger partial charge in [0, 0.05) is 6.20 Å². The summed E-state index contributed by atoms with van der Waals surface area (Å²) in [5.74, 6) is 0.527. The number of fused-ring (bicyclic) bond motifs is 1. The maximum absolute atomic E-state index is 5.60.